The Hall–Kier alpha value is -3.31. The van der Waals surface area contributed by atoms with Crippen molar-refractivity contribution in [1.82, 2.24) is 0 Å². The van der Waals surface area contributed by atoms with E-state index >= 15 is 0 Å². The highest BCUT2D eigenvalue weighted by atomic mass is 16.7. The summed E-state index contributed by atoms with van der Waals surface area (Å²) in [6.07, 6.45) is -13.0. The molecule has 0 unspecified atom stereocenters. The van der Waals surface area contributed by atoms with Gasteiger partial charge in [-0.05, 0) is 36.8 Å². The van der Waals surface area contributed by atoms with E-state index in [4.69, 9.17) is 32.8 Å². The maximum atomic E-state index is 13.2. The molecule has 226 valence electrons. The lowest BCUT2D eigenvalue weighted by molar-refractivity contribution is -0.318. The molecule has 14 heteroatoms. The lowest BCUT2D eigenvalue weighted by atomic mass is 9.98. The second-order valence-electron chi connectivity index (χ2n) is 10.4. The zero-order valence-electron chi connectivity index (χ0n) is 22.2. The van der Waals surface area contributed by atoms with Gasteiger partial charge in [0.15, 0.2) is 23.2 Å². The summed E-state index contributed by atoms with van der Waals surface area (Å²) in [5.41, 5.74) is 0.779. The number of rotatable bonds is 6. The topological polar surface area (TPSA) is 207 Å². The highest BCUT2D eigenvalue weighted by molar-refractivity contribution is 5.83. The quantitative estimate of drug-likeness (QED) is 0.208. The van der Waals surface area contributed by atoms with Crippen LogP contribution in [0.1, 0.15) is 6.92 Å². The molecule has 0 aliphatic carbocycles. The van der Waals surface area contributed by atoms with Crippen LogP contribution in [0.4, 0.5) is 0 Å². The van der Waals surface area contributed by atoms with Crippen molar-refractivity contribution in [3.8, 4) is 28.4 Å². The minimum Gasteiger partial charge on any atom is -0.463 e. The van der Waals surface area contributed by atoms with E-state index in [0.717, 1.165) is 0 Å². The van der Waals surface area contributed by atoms with Crippen molar-refractivity contribution in [3.05, 3.63) is 52.9 Å². The predicted octanol–water partition coefficient (Wildman–Crippen LogP) is -0.781. The fourth-order valence-corrected chi connectivity index (χ4v) is 5.07. The number of aliphatic hydroxyl groups is 6. The Morgan fingerprint density at radius 2 is 1.55 bits per heavy atom. The molecular weight excluding hydrogens is 560 g/mol. The molecule has 6 N–H and O–H groups in total. The average Bonchev–Trinajstić information content (AvgIpc) is 3.46. The molecule has 42 heavy (non-hydrogen) atoms. The third kappa shape index (κ3) is 5.21. The van der Waals surface area contributed by atoms with Crippen molar-refractivity contribution in [2.45, 2.75) is 68.3 Å². The van der Waals surface area contributed by atoms with Gasteiger partial charge in [0, 0.05) is 6.07 Å². The molecule has 3 aliphatic heterocycles. The third-order valence-electron chi connectivity index (χ3n) is 7.58. The van der Waals surface area contributed by atoms with Crippen LogP contribution in [-0.2, 0) is 14.2 Å². The van der Waals surface area contributed by atoms with E-state index in [1.54, 1.807) is 18.2 Å². The first-order chi connectivity index (χ1) is 20.1. The summed E-state index contributed by atoms with van der Waals surface area (Å²) < 4.78 is 38.7. The molecule has 2 fully saturated rings. The van der Waals surface area contributed by atoms with Crippen LogP contribution in [0.5, 0.6) is 17.2 Å². The molecule has 4 heterocycles. The highest BCUT2D eigenvalue weighted by Gasteiger charge is 2.47. The van der Waals surface area contributed by atoms with Crippen molar-refractivity contribution in [2.75, 3.05) is 13.4 Å². The smallest absolute Gasteiger partial charge is 0.231 e. The molecule has 2 aromatic carbocycles. The normalized spacial score (nSPS) is 34.5. The number of fused-ring (bicyclic) bond motifs is 2. The fourth-order valence-electron chi connectivity index (χ4n) is 5.07. The molecule has 3 aromatic rings. The number of ether oxygens (including phenoxy) is 6. The standard InChI is InChI=1S/C28H30O14/c1-11-20(29)23(32)25(34)27(40-11)37-9-19-22(31)24(33)26(35)28(42-19)41-13-3-4-14-17(7-13)36-8-15(21(14)30)12-2-5-16-18(6-12)39-10-38-16/h2-8,11,19-20,22-29,31-35H,9-10H2,1H3/t11-,19+,20-,22+,23-,24-,25+,26+,27+,28+/m0/s1. The van der Waals surface area contributed by atoms with Crippen molar-refractivity contribution in [2.24, 2.45) is 0 Å². The predicted molar refractivity (Wildman–Crippen MR) is 140 cm³/mol. The molecule has 3 aliphatic rings. The Bertz CT molecular complexity index is 1490. The van der Waals surface area contributed by atoms with Gasteiger partial charge in [-0.25, -0.2) is 0 Å². The van der Waals surface area contributed by atoms with Crippen LogP contribution >= 0.6 is 0 Å². The van der Waals surface area contributed by atoms with Gasteiger partial charge < -0.3 is 63.5 Å². The number of hydrogen-bond acceptors (Lipinski definition) is 14. The Labute approximate surface area is 237 Å². The fraction of sp³-hybridized carbons (Fsp3) is 0.464. The zero-order chi connectivity index (χ0) is 29.7. The van der Waals surface area contributed by atoms with Gasteiger partial charge in [-0.15, -0.1) is 0 Å². The van der Waals surface area contributed by atoms with Crippen LogP contribution in [-0.4, -0.2) is 105 Å². The second-order valence-corrected chi connectivity index (χ2v) is 10.4. The van der Waals surface area contributed by atoms with Crippen LogP contribution < -0.4 is 19.6 Å². The summed E-state index contributed by atoms with van der Waals surface area (Å²) in [7, 11) is 0. The Kier molecular flexibility index (Phi) is 7.82. The minimum atomic E-state index is -1.69. The summed E-state index contributed by atoms with van der Waals surface area (Å²) in [6.45, 7) is 1.15. The van der Waals surface area contributed by atoms with Gasteiger partial charge >= 0.3 is 0 Å². The van der Waals surface area contributed by atoms with E-state index < -0.39 is 68.0 Å². The average molecular weight is 591 g/mol. The summed E-state index contributed by atoms with van der Waals surface area (Å²) in [4.78, 5) is 13.2. The number of hydrogen-bond donors (Lipinski definition) is 6. The van der Waals surface area contributed by atoms with Crippen LogP contribution in [0.25, 0.3) is 22.1 Å². The van der Waals surface area contributed by atoms with E-state index in [1.807, 2.05) is 0 Å². The van der Waals surface area contributed by atoms with Crippen LogP contribution in [0.15, 0.2) is 51.9 Å². The van der Waals surface area contributed by atoms with Crippen molar-refractivity contribution in [1.29, 1.82) is 0 Å². The SMILES string of the molecule is C[C@@H]1O[C@@H](OC[C@H]2O[C@@H](Oc3ccc4c(=O)c(-c5ccc6c(c5)OCO6)coc4c3)[C@H](O)[C@@H](O)[C@@H]2O)[C@H](O)[C@@H](O)[C@H]1O. The van der Waals surface area contributed by atoms with Gasteiger partial charge in [0.1, 0.15) is 60.3 Å². The van der Waals surface area contributed by atoms with E-state index in [0.29, 0.717) is 22.6 Å². The van der Waals surface area contributed by atoms with E-state index in [9.17, 15) is 35.4 Å². The van der Waals surface area contributed by atoms with Gasteiger partial charge in [0.05, 0.1) is 23.7 Å². The van der Waals surface area contributed by atoms with Crippen LogP contribution in [0.2, 0.25) is 0 Å². The van der Waals surface area contributed by atoms with Gasteiger partial charge in [-0.2, -0.15) is 0 Å². The van der Waals surface area contributed by atoms with Gasteiger partial charge in [-0.3, -0.25) is 4.79 Å². The van der Waals surface area contributed by atoms with E-state index in [1.165, 1.54) is 31.4 Å². The minimum absolute atomic E-state index is 0.101. The highest BCUT2D eigenvalue weighted by Crippen LogP contribution is 2.36. The third-order valence-corrected chi connectivity index (χ3v) is 7.58. The maximum Gasteiger partial charge on any atom is 0.231 e. The van der Waals surface area contributed by atoms with E-state index in [-0.39, 0.29) is 28.9 Å². The summed E-state index contributed by atoms with van der Waals surface area (Å²) >= 11 is 0. The lowest BCUT2D eigenvalue weighted by Crippen LogP contribution is -2.61. The molecule has 0 amide bonds. The van der Waals surface area contributed by atoms with Crippen molar-refractivity contribution >= 4 is 11.0 Å². The second kappa shape index (κ2) is 11.4. The number of aliphatic hydroxyl groups excluding tert-OH is 6. The first kappa shape index (κ1) is 28.8. The molecule has 0 spiro atoms. The van der Waals surface area contributed by atoms with Crippen molar-refractivity contribution in [3.63, 3.8) is 0 Å². The summed E-state index contributed by atoms with van der Waals surface area (Å²) in [6, 6.07) is 9.47. The maximum absolute atomic E-state index is 13.2. The molecule has 14 nitrogen and oxygen atoms in total. The van der Waals surface area contributed by atoms with Gasteiger partial charge in [-0.1, -0.05) is 6.07 Å². The number of benzene rings is 2. The Morgan fingerprint density at radius 1 is 0.810 bits per heavy atom. The summed E-state index contributed by atoms with van der Waals surface area (Å²) in [5.74, 6) is 1.23. The van der Waals surface area contributed by atoms with Gasteiger partial charge in [0.25, 0.3) is 0 Å². The Balaban J connectivity index is 1.16. The van der Waals surface area contributed by atoms with Crippen LogP contribution in [0, 0.1) is 0 Å². The molecule has 2 saturated heterocycles. The first-order valence-corrected chi connectivity index (χ1v) is 13.3. The van der Waals surface area contributed by atoms with Gasteiger partial charge in [0.2, 0.25) is 13.1 Å². The first-order valence-electron chi connectivity index (χ1n) is 13.3. The monoisotopic (exact) mass is 590 g/mol. The molecular formula is C28H30O14. The largest absolute Gasteiger partial charge is 0.463 e. The molecule has 0 saturated carbocycles. The van der Waals surface area contributed by atoms with E-state index in [2.05, 4.69) is 0 Å². The Morgan fingerprint density at radius 3 is 2.36 bits per heavy atom. The zero-order valence-corrected chi connectivity index (χ0v) is 22.2. The molecule has 6 rings (SSSR count). The lowest BCUT2D eigenvalue weighted by Gasteiger charge is -2.42. The molecule has 0 radical (unpaired) electrons. The van der Waals surface area contributed by atoms with Crippen molar-refractivity contribution < 1.29 is 63.5 Å². The molecule has 1 aromatic heterocycles. The molecule has 10 atom stereocenters. The van der Waals surface area contributed by atoms with Crippen LogP contribution in [0.3, 0.4) is 0 Å². The molecule has 0 bridgehead atoms. The summed E-state index contributed by atoms with van der Waals surface area (Å²) in [5, 5.41) is 61.7.